The van der Waals surface area contributed by atoms with Crippen LogP contribution in [0.2, 0.25) is 0 Å². The van der Waals surface area contributed by atoms with E-state index in [9.17, 15) is 21.6 Å². The maximum absolute atomic E-state index is 13.8. The lowest BCUT2D eigenvalue weighted by atomic mass is 9.94. The van der Waals surface area contributed by atoms with Crippen molar-refractivity contribution in [3.63, 3.8) is 0 Å². The van der Waals surface area contributed by atoms with Gasteiger partial charge in [0.25, 0.3) is 0 Å². The fraction of sp³-hybridized carbons (Fsp3) is 0.120. The predicted molar refractivity (Wildman–Crippen MR) is 129 cm³/mol. The number of hydrogen-bond acceptors (Lipinski definition) is 5. The number of nitrogens with zero attached hydrogens (tertiary/aromatic N) is 2. The fourth-order valence-corrected chi connectivity index (χ4v) is 4.47. The summed E-state index contributed by atoms with van der Waals surface area (Å²) in [6.45, 7) is 0. The van der Waals surface area contributed by atoms with Crippen LogP contribution in [0.1, 0.15) is 11.4 Å². The molecule has 1 aromatic heterocycles. The Kier molecular flexibility index (Phi) is 7.04. The third-order valence-electron chi connectivity index (χ3n) is 5.13. The van der Waals surface area contributed by atoms with Gasteiger partial charge in [0.15, 0.2) is 0 Å². The van der Waals surface area contributed by atoms with Crippen molar-refractivity contribution >= 4 is 22.5 Å². The summed E-state index contributed by atoms with van der Waals surface area (Å²) in [4.78, 5) is 8.88. The second-order valence-corrected chi connectivity index (χ2v) is 9.26. The third-order valence-corrected chi connectivity index (χ3v) is 6.49. The molecule has 0 bridgehead atoms. The summed E-state index contributed by atoms with van der Waals surface area (Å²) in [6.07, 6.45) is -2.83. The van der Waals surface area contributed by atoms with Gasteiger partial charge in [-0.2, -0.15) is 13.2 Å². The van der Waals surface area contributed by atoms with Crippen molar-refractivity contribution in [3.05, 3.63) is 90.3 Å². The standard InChI is InChI=1S/C25H19F3N2O2S2/c1-33-20-13-11-19(12-14-20)23-21(17-5-3-2-4-6-17)22(29-24(30-23)25(26,27)28)18-9-7-16(8-10-18)15-34(31)32/h2-14,34H,15H2,1H3. The van der Waals surface area contributed by atoms with Crippen LogP contribution in [0.3, 0.4) is 0 Å². The van der Waals surface area contributed by atoms with E-state index < -0.39 is 22.7 Å². The van der Waals surface area contributed by atoms with Gasteiger partial charge in [0, 0.05) is 21.6 Å². The largest absolute Gasteiger partial charge is 0.451 e. The van der Waals surface area contributed by atoms with Crippen molar-refractivity contribution in [2.24, 2.45) is 0 Å². The van der Waals surface area contributed by atoms with E-state index in [0.717, 1.165) is 4.90 Å². The maximum atomic E-state index is 13.8. The van der Waals surface area contributed by atoms with Gasteiger partial charge in [-0.25, -0.2) is 18.4 Å². The molecule has 174 valence electrons. The maximum Gasteiger partial charge on any atom is 0.451 e. The first kappa shape index (κ1) is 24.0. The Morgan fingerprint density at radius 3 is 1.76 bits per heavy atom. The van der Waals surface area contributed by atoms with E-state index in [-0.39, 0.29) is 17.1 Å². The van der Waals surface area contributed by atoms with Crippen molar-refractivity contribution in [2.75, 3.05) is 6.26 Å². The molecule has 3 aromatic carbocycles. The number of thiol groups is 1. The van der Waals surface area contributed by atoms with Crippen molar-refractivity contribution in [2.45, 2.75) is 16.8 Å². The SMILES string of the molecule is CSc1ccc(-c2nc(C(F)(F)F)nc(-c3ccc(C[SH](=O)=O)cc3)c2-c2ccccc2)cc1. The van der Waals surface area contributed by atoms with Crippen LogP contribution in [0.5, 0.6) is 0 Å². The van der Waals surface area contributed by atoms with Crippen LogP contribution in [0.4, 0.5) is 13.2 Å². The van der Waals surface area contributed by atoms with E-state index in [2.05, 4.69) is 9.97 Å². The molecule has 0 amide bonds. The summed E-state index contributed by atoms with van der Waals surface area (Å²) in [6, 6.07) is 22.5. The highest BCUT2D eigenvalue weighted by atomic mass is 32.2. The molecule has 0 radical (unpaired) electrons. The van der Waals surface area contributed by atoms with E-state index in [1.54, 1.807) is 60.7 Å². The average molecular weight is 501 g/mol. The van der Waals surface area contributed by atoms with E-state index in [0.29, 0.717) is 27.8 Å². The molecule has 0 aliphatic heterocycles. The number of benzene rings is 3. The number of rotatable bonds is 6. The molecule has 4 rings (SSSR count). The smallest absolute Gasteiger partial charge is 0.232 e. The summed E-state index contributed by atoms with van der Waals surface area (Å²) in [5, 5.41) is 0. The van der Waals surface area contributed by atoms with Gasteiger partial charge in [-0.3, -0.25) is 0 Å². The van der Waals surface area contributed by atoms with Crippen LogP contribution in [0, 0.1) is 0 Å². The van der Waals surface area contributed by atoms with Crippen LogP contribution in [0.15, 0.2) is 83.8 Å². The molecule has 4 nitrogen and oxygen atoms in total. The van der Waals surface area contributed by atoms with Crippen molar-refractivity contribution < 1.29 is 21.6 Å². The Bertz CT molecular complexity index is 1360. The second-order valence-electron chi connectivity index (χ2n) is 7.40. The molecule has 0 N–H and O–H groups in total. The lowest BCUT2D eigenvalue weighted by Gasteiger charge is -2.18. The second kappa shape index (κ2) is 9.99. The molecule has 0 atom stereocenters. The van der Waals surface area contributed by atoms with Gasteiger partial charge in [-0.15, -0.1) is 11.8 Å². The molecular formula is C25H19F3N2O2S2. The van der Waals surface area contributed by atoms with Gasteiger partial charge in [0.1, 0.15) is 10.7 Å². The molecule has 0 saturated heterocycles. The topological polar surface area (TPSA) is 59.9 Å². The minimum atomic E-state index is -4.75. The molecule has 1 heterocycles. The molecule has 0 saturated carbocycles. The van der Waals surface area contributed by atoms with E-state index >= 15 is 0 Å². The van der Waals surface area contributed by atoms with Gasteiger partial charge in [0.2, 0.25) is 5.82 Å². The van der Waals surface area contributed by atoms with Crippen LogP contribution in [0.25, 0.3) is 33.6 Å². The molecule has 0 spiro atoms. The van der Waals surface area contributed by atoms with Crippen molar-refractivity contribution in [1.82, 2.24) is 9.97 Å². The normalized spacial score (nSPS) is 11.7. The molecule has 0 fully saturated rings. The van der Waals surface area contributed by atoms with Crippen molar-refractivity contribution in [3.8, 4) is 33.6 Å². The van der Waals surface area contributed by atoms with Gasteiger partial charge in [0.05, 0.1) is 17.1 Å². The van der Waals surface area contributed by atoms with Crippen LogP contribution in [-0.4, -0.2) is 24.6 Å². The highest BCUT2D eigenvalue weighted by Crippen LogP contribution is 2.40. The first-order valence-electron chi connectivity index (χ1n) is 10.2. The van der Waals surface area contributed by atoms with E-state index in [4.69, 9.17) is 0 Å². The Balaban J connectivity index is 2.01. The summed E-state index contributed by atoms with van der Waals surface area (Å²) < 4.78 is 63.6. The highest BCUT2D eigenvalue weighted by molar-refractivity contribution is 7.98. The van der Waals surface area contributed by atoms with Gasteiger partial charge >= 0.3 is 6.18 Å². The Hall–Kier alpha value is -3.17. The minimum absolute atomic E-state index is 0.121. The zero-order valence-corrected chi connectivity index (χ0v) is 19.6. The van der Waals surface area contributed by atoms with Crippen LogP contribution < -0.4 is 0 Å². The number of aromatic nitrogens is 2. The number of halogens is 3. The van der Waals surface area contributed by atoms with Crippen LogP contribution in [-0.2, 0) is 22.6 Å². The first-order valence-corrected chi connectivity index (χ1v) is 12.7. The lowest BCUT2D eigenvalue weighted by molar-refractivity contribution is -0.144. The van der Waals surface area contributed by atoms with Crippen LogP contribution >= 0.6 is 11.8 Å². The van der Waals surface area contributed by atoms with E-state index in [1.807, 2.05) is 24.5 Å². The van der Waals surface area contributed by atoms with Gasteiger partial charge in [-0.1, -0.05) is 66.7 Å². The Morgan fingerprint density at radius 1 is 0.765 bits per heavy atom. The average Bonchev–Trinajstić information content (AvgIpc) is 2.83. The number of alkyl halides is 3. The summed E-state index contributed by atoms with van der Waals surface area (Å²) >= 11 is 1.53. The monoisotopic (exact) mass is 500 g/mol. The quantitative estimate of drug-likeness (QED) is 0.248. The fourth-order valence-electron chi connectivity index (χ4n) is 3.55. The predicted octanol–water partition coefficient (Wildman–Crippen LogP) is 6.33. The number of thioether (sulfide) groups is 1. The Labute approximate surface area is 200 Å². The van der Waals surface area contributed by atoms with Crippen molar-refractivity contribution in [1.29, 1.82) is 0 Å². The first-order chi connectivity index (χ1) is 16.3. The zero-order chi connectivity index (χ0) is 24.3. The lowest BCUT2D eigenvalue weighted by Crippen LogP contribution is -2.13. The summed E-state index contributed by atoms with van der Waals surface area (Å²) in [7, 11) is -2.62. The Morgan fingerprint density at radius 2 is 1.29 bits per heavy atom. The summed E-state index contributed by atoms with van der Waals surface area (Å²) in [5.74, 6) is -1.39. The third kappa shape index (κ3) is 5.31. The minimum Gasteiger partial charge on any atom is -0.232 e. The highest BCUT2D eigenvalue weighted by Gasteiger charge is 2.37. The van der Waals surface area contributed by atoms with Gasteiger partial charge in [-0.05, 0) is 29.5 Å². The molecule has 4 aromatic rings. The summed E-state index contributed by atoms with van der Waals surface area (Å²) in [5.41, 5.74) is 2.93. The zero-order valence-electron chi connectivity index (χ0n) is 17.9. The molecule has 34 heavy (non-hydrogen) atoms. The van der Waals surface area contributed by atoms with E-state index in [1.165, 1.54) is 11.8 Å². The molecule has 9 heteroatoms. The van der Waals surface area contributed by atoms with Gasteiger partial charge < -0.3 is 0 Å². The molecular weight excluding hydrogens is 481 g/mol. The molecule has 0 unspecified atom stereocenters. The number of hydrogen-bond donors (Lipinski definition) is 1. The molecule has 0 aliphatic carbocycles. The molecule has 0 aliphatic rings.